The summed E-state index contributed by atoms with van der Waals surface area (Å²) in [5.74, 6) is -0.558. The van der Waals surface area contributed by atoms with Crippen molar-refractivity contribution in [3.63, 3.8) is 0 Å². The highest BCUT2D eigenvalue weighted by Gasteiger charge is 2.49. The maximum Gasteiger partial charge on any atom is 0.277 e. The van der Waals surface area contributed by atoms with Crippen molar-refractivity contribution in [1.29, 1.82) is 0 Å². The Morgan fingerprint density at radius 3 is 2.65 bits per heavy atom. The highest BCUT2D eigenvalue weighted by molar-refractivity contribution is 7.13. The third-order valence-electron chi connectivity index (χ3n) is 6.06. The fourth-order valence-corrected chi connectivity index (χ4v) is 5.09. The Hall–Kier alpha value is -3.42. The molecule has 0 saturated heterocycles. The summed E-state index contributed by atoms with van der Waals surface area (Å²) in [5.41, 5.74) is 2.65. The summed E-state index contributed by atoms with van der Waals surface area (Å²) in [6.07, 6.45) is 0. The first-order valence-corrected chi connectivity index (χ1v) is 12.2. The van der Waals surface area contributed by atoms with E-state index in [1.807, 2.05) is 48.7 Å². The van der Waals surface area contributed by atoms with Crippen LogP contribution >= 0.6 is 22.9 Å². The summed E-state index contributed by atoms with van der Waals surface area (Å²) in [5, 5.41) is 10.2. The number of benzene rings is 2. The number of halogens is 1. The zero-order valence-corrected chi connectivity index (χ0v) is 20.4. The maximum atomic E-state index is 13.8. The molecule has 5 rings (SSSR count). The number of rotatable bonds is 5. The van der Waals surface area contributed by atoms with Gasteiger partial charge in [0.1, 0.15) is 16.9 Å². The number of carbonyl (C=O) groups excluding carboxylic acids is 2. The van der Waals surface area contributed by atoms with Crippen molar-refractivity contribution in [2.45, 2.75) is 32.5 Å². The van der Waals surface area contributed by atoms with Crippen molar-refractivity contribution in [3.05, 3.63) is 94.0 Å². The molecule has 2 aromatic carbocycles. The average Bonchev–Trinajstić information content (AvgIpc) is 3.48. The Morgan fingerprint density at radius 2 is 1.94 bits per heavy atom. The van der Waals surface area contributed by atoms with E-state index in [2.05, 4.69) is 10.4 Å². The molecule has 0 fully saturated rings. The van der Waals surface area contributed by atoms with Crippen molar-refractivity contribution in [3.8, 4) is 10.6 Å². The van der Waals surface area contributed by atoms with Gasteiger partial charge in [0.2, 0.25) is 5.91 Å². The molecule has 1 aliphatic heterocycles. The highest BCUT2D eigenvalue weighted by atomic mass is 35.5. The van der Waals surface area contributed by atoms with Crippen molar-refractivity contribution in [2.24, 2.45) is 0 Å². The van der Waals surface area contributed by atoms with Crippen LogP contribution in [0.3, 0.4) is 0 Å². The van der Waals surface area contributed by atoms with Gasteiger partial charge in [0.05, 0.1) is 11.4 Å². The standard InChI is InChI=1S/C26H23ClN4O2S/c1-17-8-10-18(11-9-17)15-28-25(33)26(2)16-30-22(14-21(29-30)23-7-4-12-34-23)24(32)31(26)20-6-3-5-19(27)13-20/h3-14H,15-16H2,1-2H3,(H,28,33)/t26-/m1/s1. The Bertz CT molecular complexity index is 1360. The Balaban J connectivity index is 1.53. The van der Waals surface area contributed by atoms with E-state index in [1.165, 1.54) is 0 Å². The molecule has 1 atom stereocenters. The van der Waals surface area contributed by atoms with Crippen LogP contribution in [0.5, 0.6) is 0 Å². The molecule has 0 aliphatic carbocycles. The lowest BCUT2D eigenvalue weighted by molar-refractivity contribution is -0.126. The van der Waals surface area contributed by atoms with Gasteiger partial charge in [0.25, 0.3) is 5.91 Å². The summed E-state index contributed by atoms with van der Waals surface area (Å²) in [7, 11) is 0. The minimum absolute atomic E-state index is 0.214. The SMILES string of the molecule is Cc1ccc(CNC(=O)[C@@]2(C)Cn3nc(-c4cccs4)cc3C(=O)N2c2cccc(Cl)c2)cc1. The third-order valence-corrected chi connectivity index (χ3v) is 7.18. The van der Waals surface area contributed by atoms with Crippen LogP contribution in [0.2, 0.25) is 5.02 Å². The van der Waals surface area contributed by atoms with E-state index in [4.69, 9.17) is 11.6 Å². The van der Waals surface area contributed by atoms with Gasteiger partial charge >= 0.3 is 0 Å². The molecule has 172 valence electrons. The molecule has 4 aromatic rings. The number of aryl methyl sites for hydroxylation is 1. The molecular weight excluding hydrogens is 468 g/mol. The molecule has 1 N–H and O–H groups in total. The molecule has 0 spiro atoms. The fourth-order valence-electron chi connectivity index (χ4n) is 4.22. The van der Waals surface area contributed by atoms with E-state index in [0.29, 0.717) is 28.6 Å². The van der Waals surface area contributed by atoms with Crippen molar-refractivity contribution in [2.75, 3.05) is 4.90 Å². The predicted molar refractivity (Wildman–Crippen MR) is 135 cm³/mol. The second-order valence-corrected chi connectivity index (χ2v) is 10.00. The molecule has 2 aromatic heterocycles. The normalized spacial score (nSPS) is 17.5. The van der Waals surface area contributed by atoms with Crippen LogP contribution in [-0.2, 0) is 17.9 Å². The van der Waals surface area contributed by atoms with Crippen LogP contribution in [0.1, 0.15) is 28.5 Å². The third kappa shape index (κ3) is 4.02. The fraction of sp³-hybridized carbons (Fsp3) is 0.192. The van der Waals surface area contributed by atoms with Crippen LogP contribution in [0.15, 0.2) is 72.1 Å². The quantitative estimate of drug-likeness (QED) is 0.412. The highest BCUT2D eigenvalue weighted by Crippen LogP contribution is 2.35. The Morgan fingerprint density at radius 1 is 1.15 bits per heavy atom. The summed E-state index contributed by atoms with van der Waals surface area (Å²) < 4.78 is 1.64. The van der Waals surface area contributed by atoms with Gasteiger partial charge in [-0.15, -0.1) is 11.3 Å². The molecule has 0 saturated carbocycles. The van der Waals surface area contributed by atoms with E-state index in [-0.39, 0.29) is 18.4 Å². The lowest BCUT2D eigenvalue weighted by Crippen LogP contribution is -2.64. The monoisotopic (exact) mass is 490 g/mol. The van der Waals surface area contributed by atoms with E-state index < -0.39 is 5.54 Å². The molecule has 0 radical (unpaired) electrons. The number of aromatic nitrogens is 2. The summed E-state index contributed by atoms with van der Waals surface area (Å²) in [4.78, 5) is 29.9. The largest absolute Gasteiger partial charge is 0.350 e. The summed E-state index contributed by atoms with van der Waals surface area (Å²) in [6.45, 7) is 4.36. The van der Waals surface area contributed by atoms with Crippen LogP contribution in [0.4, 0.5) is 5.69 Å². The van der Waals surface area contributed by atoms with E-state index in [9.17, 15) is 9.59 Å². The number of hydrogen-bond donors (Lipinski definition) is 1. The number of anilines is 1. The lowest BCUT2D eigenvalue weighted by Gasteiger charge is -2.43. The number of nitrogens with zero attached hydrogens (tertiary/aromatic N) is 3. The second-order valence-electron chi connectivity index (χ2n) is 8.61. The smallest absolute Gasteiger partial charge is 0.277 e. The first kappa shape index (κ1) is 22.4. The summed E-state index contributed by atoms with van der Waals surface area (Å²) in [6, 6.07) is 20.7. The molecular formula is C26H23ClN4O2S. The van der Waals surface area contributed by atoms with Gasteiger partial charge in [0, 0.05) is 17.3 Å². The van der Waals surface area contributed by atoms with Crippen LogP contribution in [0.25, 0.3) is 10.6 Å². The van der Waals surface area contributed by atoms with Crippen molar-refractivity contribution < 1.29 is 9.59 Å². The molecule has 8 heteroatoms. The lowest BCUT2D eigenvalue weighted by atomic mass is 9.93. The molecule has 6 nitrogen and oxygen atoms in total. The van der Waals surface area contributed by atoms with E-state index in [1.54, 1.807) is 58.2 Å². The van der Waals surface area contributed by atoms with Crippen LogP contribution < -0.4 is 10.2 Å². The molecule has 3 heterocycles. The first-order chi connectivity index (χ1) is 16.3. The van der Waals surface area contributed by atoms with Gasteiger partial charge in [-0.3, -0.25) is 19.2 Å². The van der Waals surface area contributed by atoms with Gasteiger partial charge in [-0.1, -0.05) is 53.6 Å². The number of hydrogen-bond acceptors (Lipinski definition) is 4. The average molecular weight is 491 g/mol. The van der Waals surface area contributed by atoms with Gasteiger partial charge < -0.3 is 5.32 Å². The van der Waals surface area contributed by atoms with E-state index in [0.717, 1.165) is 16.0 Å². The summed E-state index contributed by atoms with van der Waals surface area (Å²) >= 11 is 7.81. The Kier molecular flexibility index (Phi) is 5.75. The zero-order valence-electron chi connectivity index (χ0n) is 18.8. The molecule has 1 aliphatic rings. The Labute approximate surface area is 206 Å². The second kappa shape index (κ2) is 8.74. The number of nitrogens with one attached hydrogen (secondary N) is 1. The van der Waals surface area contributed by atoms with Crippen LogP contribution in [-0.4, -0.2) is 27.1 Å². The number of carbonyl (C=O) groups is 2. The molecule has 34 heavy (non-hydrogen) atoms. The number of thiophene rings is 1. The van der Waals surface area contributed by atoms with Crippen molar-refractivity contribution >= 4 is 40.4 Å². The number of fused-ring (bicyclic) bond motifs is 1. The van der Waals surface area contributed by atoms with Gasteiger partial charge in [-0.2, -0.15) is 5.10 Å². The van der Waals surface area contributed by atoms with E-state index >= 15 is 0 Å². The predicted octanol–water partition coefficient (Wildman–Crippen LogP) is 5.31. The minimum Gasteiger partial charge on any atom is -0.350 e. The topological polar surface area (TPSA) is 67.2 Å². The maximum absolute atomic E-state index is 13.8. The van der Waals surface area contributed by atoms with Crippen LogP contribution in [0, 0.1) is 6.92 Å². The number of amides is 2. The molecule has 0 bridgehead atoms. The van der Waals surface area contributed by atoms with Crippen molar-refractivity contribution in [1.82, 2.24) is 15.1 Å². The molecule has 0 unspecified atom stereocenters. The first-order valence-electron chi connectivity index (χ1n) is 10.9. The molecule has 2 amide bonds. The minimum atomic E-state index is -1.21. The zero-order chi connectivity index (χ0) is 23.9. The van der Waals surface area contributed by atoms with Gasteiger partial charge in [-0.05, 0) is 55.1 Å². The van der Waals surface area contributed by atoms with Gasteiger partial charge in [0.15, 0.2) is 0 Å². The van der Waals surface area contributed by atoms with Gasteiger partial charge in [-0.25, -0.2) is 0 Å².